The fourth-order valence-electron chi connectivity index (χ4n) is 1.61. The van der Waals surface area contributed by atoms with Gasteiger partial charge in [-0.25, -0.2) is 0 Å². The molecule has 1 heterocycles. The smallest absolute Gasteiger partial charge is 0.251 e. The van der Waals surface area contributed by atoms with Crippen molar-refractivity contribution >= 4 is 35.0 Å². The Hall–Kier alpha value is -1.98. The first kappa shape index (κ1) is 15.4. The maximum absolute atomic E-state index is 11.9. The zero-order valence-electron chi connectivity index (χ0n) is 10.9. The fourth-order valence-corrected chi connectivity index (χ4v) is 2.13. The van der Waals surface area contributed by atoms with Crippen LogP contribution in [0.15, 0.2) is 41.0 Å². The van der Waals surface area contributed by atoms with E-state index in [-0.39, 0.29) is 19.0 Å². The Bertz CT molecular complexity index is 621. The van der Waals surface area contributed by atoms with E-state index in [1.54, 1.807) is 12.1 Å². The Morgan fingerprint density at radius 2 is 1.81 bits per heavy atom. The van der Waals surface area contributed by atoms with Gasteiger partial charge in [-0.1, -0.05) is 23.2 Å². The summed E-state index contributed by atoms with van der Waals surface area (Å²) in [5, 5.41) is 5.81. The van der Waals surface area contributed by atoms with E-state index in [0.717, 1.165) is 0 Å². The highest BCUT2D eigenvalue weighted by molar-refractivity contribution is 6.35. The van der Waals surface area contributed by atoms with Gasteiger partial charge in [0.15, 0.2) is 0 Å². The Morgan fingerprint density at radius 3 is 2.43 bits per heavy atom. The van der Waals surface area contributed by atoms with Crippen LogP contribution in [0.5, 0.6) is 0 Å². The van der Waals surface area contributed by atoms with E-state index < -0.39 is 5.91 Å². The minimum absolute atomic E-state index is 0.149. The molecule has 0 aliphatic carbocycles. The molecular formula is C14H12Cl2N2O3. The van der Waals surface area contributed by atoms with E-state index >= 15 is 0 Å². The summed E-state index contributed by atoms with van der Waals surface area (Å²) in [7, 11) is 0. The van der Waals surface area contributed by atoms with E-state index in [1.807, 2.05) is 0 Å². The van der Waals surface area contributed by atoms with Crippen molar-refractivity contribution in [2.24, 2.45) is 0 Å². The standard InChI is InChI=1S/C14H12Cl2N2O3/c15-10-4-9(5-11(16)6-10)14(20)18-8-13(19)17-7-12-2-1-3-21-12/h1-6H,7-8H2,(H,17,19)(H,18,20). The van der Waals surface area contributed by atoms with Crippen LogP contribution in [-0.4, -0.2) is 18.4 Å². The molecule has 0 aliphatic heterocycles. The van der Waals surface area contributed by atoms with Gasteiger partial charge in [0, 0.05) is 15.6 Å². The number of halogens is 2. The molecule has 0 saturated carbocycles. The third kappa shape index (κ3) is 4.81. The third-order valence-electron chi connectivity index (χ3n) is 2.57. The summed E-state index contributed by atoms with van der Waals surface area (Å²) in [6.07, 6.45) is 1.52. The van der Waals surface area contributed by atoms with Gasteiger partial charge in [0.2, 0.25) is 5.91 Å². The molecule has 21 heavy (non-hydrogen) atoms. The van der Waals surface area contributed by atoms with Crippen molar-refractivity contribution in [2.75, 3.05) is 6.54 Å². The van der Waals surface area contributed by atoms with Crippen molar-refractivity contribution in [3.05, 3.63) is 58.0 Å². The lowest BCUT2D eigenvalue weighted by molar-refractivity contribution is -0.120. The Morgan fingerprint density at radius 1 is 1.10 bits per heavy atom. The van der Waals surface area contributed by atoms with Crippen LogP contribution in [0.2, 0.25) is 10.0 Å². The van der Waals surface area contributed by atoms with Crippen molar-refractivity contribution in [3.8, 4) is 0 Å². The van der Waals surface area contributed by atoms with E-state index in [2.05, 4.69) is 10.6 Å². The average molecular weight is 327 g/mol. The topological polar surface area (TPSA) is 71.3 Å². The van der Waals surface area contributed by atoms with Gasteiger partial charge in [-0.2, -0.15) is 0 Å². The largest absolute Gasteiger partial charge is 0.467 e. The van der Waals surface area contributed by atoms with Crippen molar-refractivity contribution in [2.45, 2.75) is 6.54 Å². The lowest BCUT2D eigenvalue weighted by Crippen LogP contribution is -2.36. The van der Waals surface area contributed by atoms with Gasteiger partial charge in [0.05, 0.1) is 19.4 Å². The highest BCUT2D eigenvalue weighted by Crippen LogP contribution is 2.18. The summed E-state index contributed by atoms with van der Waals surface area (Å²) in [6.45, 7) is 0.119. The molecule has 0 saturated heterocycles. The van der Waals surface area contributed by atoms with E-state index in [4.69, 9.17) is 27.6 Å². The number of carbonyl (C=O) groups excluding carboxylic acids is 2. The average Bonchev–Trinajstić information content (AvgIpc) is 2.94. The molecule has 2 rings (SSSR count). The molecule has 5 nitrogen and oxygen atoms in total. The first-order valence-corrected chi connectivity index (χ1v) is 6.83. The van der Waals surface area contributed by atoms with Gasteiger partial charge in [-0.15, -0.1) is 0 Å². The van der Waals surface area contributed by atoms with E-state index in [0.29, 0.717) is 21.4 Å². The summed E-state index contributed by atoms with van der Waals surface area (Å²) >= 11 is 11.6. The minimum Gasteiger partial charge on any atom is -0.467 e. The lowest BCUT2D eigenvalue weighted by atomic mass is 10.2. The van der Waals surface area contributed by atoms with Crippen molar-refractivity contribution in [1.29, 1.82) is 0 Å². The maximum Gasteiger partial charge on any atom is 0.251 e. The summed E-state index contributed by atoms with van der Waals surface area (Å²) < 4.78 is 5.07. The van der Waals surface area contributed by atoms with Crippen LogP contribution in [0.4, 0.5) is 0 Å². The van der Waals surface area contributed by atoms with Gasteiger partial charge < -0.3 is 15.1 Å². The molecule has 2 N–H and O–H groups in total. The summed E-state index contributed by atoms with van der Waals surface area (Å²) in [5.74, 6) is -0.114. The van der Waals surface area contributed by atoms with Crippen LogP contribution < -0.4 is 10.6 Å². The van der Waals surface area contributed by atoms with Crippen LogP contribution in [0, 0.1) is 0 Å². The molecule has 0 spiro atoms. The molecule has 1 aromatic heterocycles. The number of benzene rings is 1. The molecule has 110 valence electrons. The van der Waals surface area contributed by atoms with Crippen molar-refractivity contribution in [1.82, 2.24) is 10.6 Å². The molecule has 0 fully saturated rings. The van der Waals surface area contributed by atoms with Crippen LogP contribution >= 0.6 is 23.2 Å². The quantitative estimate of drug-likeness (QED) is 0.887. The predicted molar refractivity (Wildman–Crippen MR) is 79.3 cm³/mol. The van der Waals surface area contributed by atoms with E-state index in [9.17, 15) is 9.59 Å². The number of rotatable bonds is 5. The summed E-state index contributed by atoms with van der Waals surface area (Å²) in [4.78, 5) is 23.4. The SMILES string of the molecule is O=C(CNC(=O)c1cc(Cl)cc(Cl)c1)NCc1ccco1. The lowest BCUT2D eigenvalue weighted by Gasteiger charge is -2.06. The first-order valence-electron chi connectivity index (χ1n) is 6.08. The Balaban J connectivity index is 1.81. The molecular weight excluding hydrogens is 315 g/mol. The van der Waals surface area contributed by atoms with Crippen LogP contribution in [0.3, 0.4) is 0 Å². The predicted octanol–water partition coefficient (Wildman–Crippen LogP) is 2.63. The minimum atomic E-state index is -0.424. The molecule has 2 aromatic rings. The monoisotopic (exact) mass is 326 g/mol. The van der Waals surface area contributed by atoms with Gasteiger partial charge in [0.25, 0.3) is 5.91 Å². The third-order valence-corrected chi connectivity index (χ3v) is 3.01. The summed E-state index contributed by atoms with van der Waals surface area (Å²) in [6, 6.07) is 7.95. The number of hydrogen-bond acceptors (Lipinski definition) is 3. The zero-order chi connectivity index (χ0) is 15.2. The highest BCUT2D eigenvalue weighted by Gasteiger charge is 2.10. The number of furan rings is 1. The molecule has 7 heteroatoms. The number of amides is 2. The van der Waals surface area contributed by atoms with Crippen LogP contribution in [0.1, 0.15) is 16.1 Å². The second-order valence-electron chi connectivity index (χ2n) is 4.20. The Kier molecular flexibility index (Phi) is 5.25. The maximum atomic E-state index is 11.9. The fraction of sp³-hybridized carbons (Fsp3) is 0.143. The Labute approximate surface area is 131 Å². The molecule has 2 amide bonds. The van der Waals surface area contributed by atoms with Gasteiger partial charge >= 0.3 is 0 Å². The zero-order valence-corrected chi connectivity index (χ0v) is 12.4. The van der Waals surface area contributed by atoms with Crippen molar-refractivity contribution in [3.63, 3.8) is 0 Å². The van der Waals surface area contributed by atoms with Gasteiger partial charge in [-0.05, 0) is 30.3 Å². The molecule has 0 atom stereocenters. The van der Waals surface area contributed by atoms with Crippen LogP contribution in [0.25, 0.3) is 0 Å². The van der Waals surface area contributed by atoms with Gasteiger partial charge in [-0.3, -0.25) is 9.59 Å². The van der Waals surface area contributed by atoms with Crippen LogP contribution in [-0.2, 0) is 11.3 Å². The molecule has 1 aromatic carbocycles. The summed E-state index contributed by atoms with van der Waals surface area (Å²) in [5.41, 5.74) is 0.298. The highest BCUT2D eigenvalue weighted by atomic mass is 35.5. The van der Waals surface area contributed by atoms with Crippen molar-refractivity contribution < 1.29 is 14.0 Å². The molecule has 0 aliphatic rings. The second-order valence-corrected chi connectivity index (χ2v) is 5.07. The second kappa shape index (κ2) is 7.15. The normalized spacial score (nSPS) is 10.2. The molecule has 0 radical (unpaired) electrons. The van der Waals surface area contributed by atoms with E-state index in [1.165, 1.54) is 24.5 Å². The molecule has 0 unspecified atom stereocenters. The number of carbonyl (C=O) groups is 2. The molecule has 0 bridgehead atoms. The number of hydrogen-bond donors (Lipinski definition) is 2. The van der Waals surface area contributed by atoms with Gasteiger partial charge in [0.1, 0.15) is 5.76 Å². The number of nitrogens with one attached hydrogen (secondary N) is 2. The first-order chi connectivity index (χ1) is 10.0.